The molecule has 0 fully saturated rings. The van der Waals surface area contributed by atoms with E-state index in [1.165, 1.54) is 6.33 Å². The summed E-state index contributed by atoms with van der Waals surface area (Å²) in [4.78, 5) is 11.6. The van der Waals surface area contributed by atoms with E-state index in [0.29, 0.717) is 5.95 Å². The number of hydrogen-bond acceptors (Lipinski definition) is 4. The lowest BCUT2D eigenvalue weighted by molar-refractivity contribution is 0.977. The summed E-state index contributed by atoms with van der Waals surface area (Å²) < 4.78 is 0. The summed E-state index contributed by atoms with van der Waals surface area (Å²) in [5.41, 5.74) is 0. The van der Waals surface area contributed by atoms with Crippen LogP contribution in [0, 0.1) is 6.92 Å². The Bertz CT molecular complexity index is 198. The Kier molecular flexibility index (Phi) is 1.58. The minimum Gasteiger partial charge on any atom is -0.357 e. The molecular weight excluding hydrogens is 116 g/mol. The van der Waals surface area contributed by atoms with Crippen LogP contribution in [-0.4, -0.2) is 22.0 Å². The SMILES string of the molecule is CNc1ncnc(C)n1. The standard InChI is InChI=1S/C5H8N4/c1-4-7-3-8-5(6-2)9-4/h3H,1-2H3,(H,6,7,8,9). The number of nitrogens with zero attached hydrogens (tertiary/aromatic N) is 3. The second-order valence-electron chi connectivity index (χ2n) is 1.61. The first-order chi connectivity index (χ1) is 4.33. The van der Waals surface area contributed by atoms with Gasteiger partial charge in [0, 0.05) is 7.05 Å². The first-order valence-corrected chi connectivity index (χ1v) is 2.66. The first-order valence-electron chi connectivity index (χ1n) is 2.66. The van der Waals surface area contributed by atoms with Crippen molar-refractivity contribution in [1.82, 2.24) is 15.0 Å². The van der Waals surface area contributed by atoms with Crippen LogP contribution in [0.2, 0.25) is 0 Å². The van der Waals surface area contributed by atoms with Crippen LogP contribution in [0.1, 0.15) is 5.82 Å². The Balaban J connectivity index is 2.94. The minimum absolute atomic E-state index is 0.613. The molecule has 9 heavy (non-hydrogen) atoms. The highest BCUT2D eigenvalue weighted by Gasteiger charge is 1.89. The highest BCUT2D eigenvalue weighted by molar-refractivity contribution is 5.19. The van der Waals surface area contributed by atoms with E-state index >= 15 is 0 Å². The van der Waals surface area contributed by atoms with Gasteiger partial charge in [-0.3, -0.25) is 0 Å². The molecule has 4 heteroatoms. The van der Waals surface area contributed by atoms with Gasteiger partial charge in [-0.2, -0.15) is 4.98 Å². The zero-order valence-electron chi connectivity index (χ0n) is 5.42. The largest absolute Gasteiger partial charge is 0.357 e. The molecule has 0 saturated heterocycles. The molecule has 0 bridgehead atoms. The van der Waals surface area contributed by atoms with Crippen LogP contribution < -0.4 is 5.32 Å². The van der Waals surface area contributed by atoms with Crippen molar-refractivity contribution in [1.29, 1.82) is 0 Å². The van der Waals surface area contributed by atoms with Crippen molar-refractivity contribution in [2.45, 2.75) is 6.92 Å². The van der Waals surface area contributed by atoms with Crippen molar-refractivity contribution < 1.29 is 0 Å². The molecule has 4 nitrogen and oxygen atoms in total. The van der Waals surface area contributed by atoms with Crippen LogP contribution >= 0.6 is 0 Å². The average molecular weight is 124 g/mol. The van der Waals surface area contributed by atoms with Crippen molar-refractivity contribution in [2.24, 2.45) is 0 Å². The van der Waals surface area contributed by atoms with Crippen molar-refractivity contribution in [2.75, 3.05) is 12.4 Å². The fourth-order valence-electron chi connectivity index (χ4n) is 0.499. The fourth-order valence-corrected chi connectivity index (χ4v) is 0.499. The van der Waals surface area contributed by atoms with E-state index in [1.54, 1.807) is 7.05 Å². The molecule has 1 aromatic rings. The van der Waals surface area contributed by atoms with Gasteiger partial charge >= 0.3 is 0 Å². The third-order valence-corrected chi connectivity index (χ3v) is 0.916. The molecule has 1 N–H and O–H groups in total. The predicted molar refractivity (Wildman–Crippen MR) is 34.1 cm³/mol. The first kappa shape index (κ1) is 5.94. The minimum atomic E-state index is 0.613. The maximum atomic E-state index is 3.96. The summed E-state index contributed by atoms with van der Waals surface area (Å²) in [6.07, 6.45) is 1.48. The van der Waals surface area contributed by atoms with Gasteiger partial charge in [-0.05, 0) is 6.92 Å². The summed E-state index contributed by atoms with van der Waals surface area (Å²) in [5, 5.41) is 2.81. The summed E-state index contributed by atoms with van der Waals surface area (Å²) in [5.74, 6) is 1.34. The Morgan fingerprint density at radius 3 is 2.67 bits per heavy atom. The maximum absolute atomic E-state index is 3.96. The zero-order chi connectivity index (χ0) is 6.69. The average Bonchev–Trinajstić information content (AvgIpc) is 1.88. The third kappa shape index (κ3) is 1.35. The topological polar surface area (TPSA) is 50.7 Å². The number of aromatic nitrogens is 3. The van der Waals surface area contributed by atoms with Crippen LogP contribution in [0.25, 0.3) is 0 Å². The van der Waals surface area contributed by atoms with Crippen molar-refractivity contribution in [3.63, 3.8) is 0 Å². The van der Waals surface area contributed by atoms with Crippen molar-refractivity contribution >= 4 is 5.95 Å². The van der Waals surface area contributed by atoms with Gasteiger partial charge in [0.2, 0.25) is 5.95 Å². The fraction of sp³-hybridized carbons (Fsp3) is 0.400. The molecule has 0 unspecified atom stereocenters. The summed E-state index contributed by atoms with van der Waals surface area (Å²) in [6.45, 7) is 1.82. The predicted octanol–water partition coefficient (Wildman–Crippen LogP) is 0.222. The number of rotatable bonds is 1. The molecule has 0 saturated carbocycles. The summed E-state index contributed by atoms with van der Waals surface area (Å²) in [7, 11) is 1.77. The number of nitrogens with one attached hydrogen (secondary N) is 1. The van der Waals surface area contributed by atoms with Crippen molar-refractivity contribution in [3.05, 3.63) is 12.2 Å². The lowest BCUT2D eigenvalue weighted by Gasteiger charge is -1.94. The maximum Gasteiger partial charge on any atom is 0.225 e. The van der Waals surface area contributed by atoms with Crippen molar-refractivity contribution in [3.8, 4) is 0 Å². The van der Waals surface area contributed by atoms with Gasteiger partial charge < -0.3 is 5.32 Å². The van der Waals surface area contributed by atoms with Gasteiger partial charge in [0.05, 0.1) is 0 Å². The Morgan fingerprint density at radius 1 is 1.44 bits per heavy atom. The van der Waals surface area contributed by atoms with Crippen LogP contribution in [0.4, 0.5) is 5.95 Å². The molecule has 0 aliphatic carbocycles. The molecule has 48 valence electrons. The van der Waals surface area contributed by atoms with E-state index in [4.69, 9.17) is 0 Å². The normalized spacial score (nSPS) is 9.11. The number of aryl methyl sites for hydroxylation is 1. The molecule has 0 aliphatic rings. The molecule has 0 atom stereocenters. The van der Waals surface area contributed by atoms with Gasteiger partial charge in [0.1, 0.15) is 12.2 Å². The third-order valence-electron chi connectivity index (χ3n) is 0.916. The molecule has 0 spiro atoms. The highest BCUT2D eigenvalue weighted by atomic mass is 15.1. The molecule has 1 rings (SSSR count). The zero-order valence-corrected chi connectivity index (χ0v) is 5.42. The van der Waals surface area contributed by atoms with E-state index in [2.05, 4.69) is 20.3 Å². The van der Waals surface area contributed by atoms with Gasteiger partial charge in [-0.1, -0.05) is 0 Å². The number of anilines is 1. The van der Waals surface area contributed by atoms with Crippen LogP contribution in [0.5, 0.6) is 0 Å². The Hall–Kier alpha value is -1.19. The molecule has 0 amide bonds. The quantitative estimate of drug-likeness (QED) is 0.582. The van der Waals surface area contributed by atoms with E-state index < -0.39 is 0 Å². The van der Waals surface area contributed by atoms with E-state index in [9.17, 15) is 0 Å². The van der Waals surface area contributed by atoms with Gasteiger partial charge in [0.15, 0.2) is 0 Å². The lowest BCUT2D eigenvalue weighted by Crippen LogP contribution is -1.98. The van der Waals surface area contributed by atoms with Gasteiger partial charge in [-0.25, -0.2) is 9.97 Å². The van der Waals surface area contributed by atoms with Gasteiger partial charge in [0.25, 0.3) is 0 Å². The highest BCUT2D eigenvalue weighted by Crippen LogP contribution is 1.91. The van der Waals surface area contributed by atoms with Crippen LogP contribution in [-0.2, 0) is 0 Å². The number of hydrogen-bond donors (Lipinski definition) is 1. The molecule has 1 aromatic heterocycles. The second kappa shape index (κ2) is 2.39. The molecule has 0 aromatic carbocycles. The van der Waals surface area contributed by atoms with E-state index in [0.717, 1.165) is 5.82 Å². The monoisotopic (exact) mass is 124 g/mol. The molecule has 0 aliphatic heterocycles. The van der Waals surface area contributed by atoms with Crippen LogP contribution in [0.15, 0.2) is 6.33 Å². The molecule has 0 radical (unpaired) electrons. The summed E-state index contributed by atoms with van der Waals surface area (Å²) in [6, 6.07) is 0. The molecular formula is C5H8N4. The Morgan fingerprint density at radius 2 is 2.22 bits per heavy atom. The van der Waals surface area contributed by atoms with E-state index in [-0.39, 0.29) is 0 Å². The van der Waals surface area contributed by atoms with E-state index in [1.807, 2.05) is 6.92 Å². The van der Waals surface area contributed by atoms with Gasteiger partial charge in [-0.15, -0.1) is 0 Å². The lowest BCUT2D eigenvalue weighted by atomic mass is 10.7. The van der Waals surface area contributed by atoms with Crippen LogP contribution in [0.3, 0.4) is 0 Å². The summed E-state index contributed by atoms with van der Waals surface area (Å²) >= 11 is 0. The Labute approximate surface area is 53.4 Å². The molecule has 1 heterocycles. The smallest absolute Gasteiger partial charge is 0.225 e. The second-order valence-corrected chi connectivity index (χ2v) is 1.61.